The van der Waals surface area contributed by atoms with E-state index in [0.717, 1.165) is 42.5 Å². The molecule has 3 N–H and O–H groups in total. The predicted octanol–water partition coefficient (Wildman–Crippen LogP) is 2.02. The van der Waals surface area contributed by atoms with Crippen molar-refractivity contribution in [2.24, 2.45) is 11.7 Å². The van der Waals surface area contributed by atoms with Crippen LogP contribution in [0.4, 0.5) is 5.82 Å². The molecule has 1 aromatic rings. The van der Waals surface area contributed by atoms with E-state index in [0.29, 0.717) is 6.04 Å². The summed E-state index contributed by atoms with van der Waals surface area (Å²) in [5.41, 5.74) is 7.84. The first-order valence-electron chi connectivity index (χ1n) is 6.45. The molecule has 1 fully saturated rings. The van der Waals surface area contributed by atoms with Crippen molar-refractivity contribution in [3.8, 4) is 0 Å². The minimum Gasteiger partial charge on any atom is -0.368 e. The highest BCUT2D eigenvalue weighted by atomic mass is 15.0. The standard InChI is InChI=1S/C13H22N4/c1-9-7-15-10(2)13(17-9)16-8-11-3-5-12(14)6-4-11/h7,11-12H,3-6,8,14H2,1-2H3,(H,16,17). The lowest BCUT2D eigenvalue weighted by molar-refractivity contribution is 0.338. The van der Waals surface area contributed by atoms with E-state index < -0.39 is 0 Å². The highest BCUT2D eigenvalue weighted by Crippen LogP contribution is 2.23. The number of hydrogen-bond donors (Lipinski definition) is 2. The van der Waals surface area contributed by atoms with Crippen LogP contribution >= 0.6 is 0 Å². The summed E-state index contributed by atoms with van der Waals surface area (Å²) >= 11 is 0. The Morgan fingerprint density at radius 1 is 1.29 bits per heavy atom. The SMILES string of the molecule is Cc1cnc(C)c(NCC2CCC(N)CC2)n1. The molecule has 0 amide bonds. The van der Waals surface area contributed by atoms with E-state index in [2.05, 4.69) is 15.3 Å². The maximum absolute atomic E-state index is 5.91. The van der Waals surface area contributed by atoms with Gasteiger partial charge in [0.25, 0.3) is 0 Å². The van der Waals surface area contributed by atoms with Gasteiger partial charge >= 0.3 is 0 Å². The van der Waals surface area contributed by atoms with Gasteiger partial charge in [-0.3, -0.25) is 4.98 Å². The summed E-state index contributed by atoms with van der Waals surface area (Å²) in [6, 6.07) is 0.423. The Kier molecular flexibility index (Phi) is 3.94. The highest BCUT2D eigenvalue weighted by molar-refractivity contribution is 5.39. The van der Waals surface area contributed by atoms with Gasteiger partial charge in [-0.15, -0.1) is 0 Å². The zero-order valence-corrected chi connectivity index (χ0v) is 10.7. The number of aryl methyl sites for hydroxylation is 2. The zero-order valence-electron chi connectivity index (χ0n) is 10.7. The van der Waals surface area contributed by atoms with Crippen LogP contribution in [0.15, 0.2) is 6.20 Å². The molecule has 1 aliphatic carbocycles. The maximum atomic E-state index is 5.91. The number of nitrogens with zero attached hydrogens (tertiary/aromatic N) is 2. The third-order valence-corrected chi connectivity index (χ3v) is 3.53. The van der Waals surface area contributed by atoms with E-state index in [1.807, 2.05) is 13.8 Å². The molecule has 1 aliphatic rings. The molecule has 0 aliphatic heterocycles. The van der Waals surface area contributed by atoms with Gasteiger partial charge in [-0.25, -0.2) is 4.98 Å². The number of rotatable bonds is 3. The first-order chi connectivity index (χ1) is 8.15. The lowest BCUT2D eigenvalue weighted by atomic mass is 9.86. The fraction of sp³-hybridized carbons (Fsp3) is 0.692. The molecule has 0 atom stereocenters. The van der Waals surface area contributed by atoms with Gasteiger partial charge in [-0.1, -0.05) is 0 Å². The summed E-state index contributed by atoms with van der Waals surface area (Å²) in [5, 5.41) is 3.42. The van der Waals surface area contributed by atoms with Crippen molar-refractivity contribution in [3.05, 3.63) is 17.6 Å². The Labute approximate surface area is 103 Å². The van der Waals surface area contributed by atoms with Gasteiger partial charge in [-0.2, -0.15) is 0 Å². The molecule has 4 nitrogen and oxygen atoms in total. The first-order valence-corrected chi connectivity index (χ1v) is 6.45. The predicted molar refractivity (Wildman–Crippen MR) is 69.9 cm³/mol. The summed E-state index contributed by atoms with van der Waals surface area (Å²) < 4.78 is 0. The van der Waals surface area contributed by atoms with Crippen LogP contribution < -0.4 is 11.1 Å². The zero-order chi connectivity index (χ0) is 12.3. The fourth-order valence-corrected chi connectivity index (χ4v) is 2.34. The van der Waals surface area contributed by atoms with Gasteiger partial charge in [0.1, 0.15) is 5.82 Å². The van der Waals surface area contributed by atoms with Gasteiger partial charge < -0.3 is 11.1 Å². The summed E-state index contributed by atoms with van der Waals surface area (Å²) in [6.45, 7) is 4.95. The Bertz CT molecular complexity index is 370. The summed E-state index contributed by atoms with van der Waals surface area (Å²) in [4.78, 5) is 8.78. The molecule has 0 radical (unpaired) electrons. The molecule has 94 valence electrons. The Morgan fingerprint density at radius 2 is 2.00 bits per heavy atom. The van der Waals surface area contributed by atoms with E-state index >= 15 is 0 Å². The van der Waals surface area contributed by atoms with Gasteiger partial charge in [0.2, 0.25) is 0 Å². The maximum Gasteiger partial charge on any atom is 0.147 e. The molecule has 1 saturated carbocycles. The molecule has 0 unspecified atom stereocenters. The van der Waals surface area contributed by atoms with Crippen LogP contribution in [0.1, 0.15) is 37.1 Å². The molecule has 0 saturated heterocycles. The molecule has 0 aromatic carbocycles. The molecule has 1 aromatic heterocycles. The van der Waals surface area contributed by atoms with Crippen molar-refractivity contribution in [1.82, 2.24) is 9.97 Å². The van der Waals surface area contributed by atoms with Crippen molar-refractivity contribution in [2.45, 2.75) is 45.6 Å². The summed E-state index contributed by atoms with van der Waals surface area (Å²) in [7, 11) is 0. The number of aromatic nitrogens is 2. The third-order valence-electron chi connectivity index (χ3n) is 3.53. The van der Waals surface area contributed by atoms with Crippen molar-refractivity contribution >= 4 is 5.82 Å². The number of nitrogens with two attached hydrogens (primary N) is 1. The number of anilines is 1. The van der Waals surface area contributed by atoms with Crippen LogP contribution in [-0.2, 0) is 0 Å². The third kappa shape index (κ3) is 3.40. The van der Waals surface area contributed by atoms with Gasteiger partial charge in [0, 0.05) is 18.8 Å². The second kappa shape index (κ2) is 5.45. The van der Waals surface area contributed by atoms with Crippen molar-refractivity contribution in [1.29, 1.82) is 0 Å². The quantitative estimate of drug-likeness (QED) is 0.840. The van der Waals surface area contributed by atoms with Gasteiger partial charge in [0.15, 0.2) is 0 Å². The second-order valence-corrected chi connectivity index (χ2v) is 5.11. The van der Waals surface area contributed by atoms with Crippen LogP contribution in [0.5, 0.6) is 0 Å². The van der Waals surface area contributed by atoms with E-state index in [1.54, 1.807) is 6.20 Å². The molecular formula is C13H22N4. The number of hydrogen-bond acceptors (Lipinski definition) is 4. The summed E-state index contributed by atoms with van der Waals surface area (Å²) in [5.74, 6) is 1.66. The molecule has 4 heteroatoms. The highest BCUT2D eigenvalue weighted by Gasteiger charge is 2.18. The molecular weight excluding hydrogens is 212 g/mol. The largest absolute Gasteiger partial charge is 0.368 e. The Balaban J connectivity index is 1.87. The molecule has 0 bridgehead atoms. The topological polar surface area (TPSA) is 63.8 Å². The molecule has 17 heavy (non-hydrogen) atoms. The summed E-state index contributed by atoms with van der Waals surface area (Å²) in [6.07, 6.45) is 6.58. The van der Waals surface area contributed by atoms with Crippen LogP contribution in [0.2, 0.25) is 0 Å². The second-order valence-electron chi connectivity index (χ2n) is 5.11. The van der Waals surface area contributed by atoms with Gasteiger partial charge in [0.05, 0.1) is 11.4 Å². The fourth-order valence-electron chi connectivity index (χ4n) is 2.34. The van der Waals surface area contributed by atoms with Crippen molar-refractivity contribution in [3.63, 3.8) is 0 Å². The van der Waals surface area contributed by atoms with E-state index in [1.165, 1.54) is 12.8 Å². The van der Waals surface area contributed by atoms with Crippen LogP contribution in [0.3, 0.4) is 0 Å². The molecule has 1 heterocycles. The lowest BCUT2D eigenvalue weighted by Crippen LogP contribution is -2.29. The van der Waals surface area contributed by atoms with Crippen LogP contribution in [0, 0.1) is 19.8 Å². The average Bonchev–Trinajstić information content (AvgIpc) is 2.32. The van der Waals surface area contributed by atoms with Crippen LogP contribution in [0.25, 0.3) is 0 Å². The minimum absolute atomic E-state index is 0.423. The van der Waals surface area contributed by atoms with E-state index in [-0.39, 0.29) is 0 Å². The Hall–Kier alpha value is -1.16. The average molecular weight is 234 g/mol. The van der Waals surface area contributed by atoms with Gasteiger partial charge in [-0.05, 0) is 45.4 Å². The molecule has 0 spiro atoms. The first kappa shape index (κ1) is 12.3. The smallest absolute Gasteiger partial charge is 0.147 e. The molecule has 2 rings (SSSR count). The van der Waals surface area contributed by atoms with E-state index in [9.17, 15) is 0 Å². The van der Waals surface area contributed by atoms with Crippen molar-refractivity contribution in [2.75, 3.05) is 11.9 Å². The number of nitrogens with one attached hydrogen (secondary N) is 1. The van der Waals surface area contributed by atoms with Crippen LogP contribution in [-0.4, -0.2) is 22.6 Å². The van der Waals surface area contributed by atoms with E-state index in [4.69, 9.17) is 5.73 Å². The van der Waals surface area contributed by atoms with Crippen molar-refractivity contribution < 1.29 is 0 Å². The normalized spacial score (nSPS) is 24.6. The monoisotopic (exact) mass is 234 g/mol. The lowest BCUT2D eigenvalue weighted by Gasteiger charge is -2.26. The minimum atomic E-state index is 0.423. The Morgan fingerprint density at radius 3 is 2.71 bits per heavy atom.